The Balaban J connectivity index is 1.97. The van der Waals surface area contributed by atoms with Crippen molar-refractivity contribution in [2.75, 3.05) is 5.32 Å². The number of carbonyl (C=O) groups is 2. The highest BCUT2D eigenvalue weighted by Crippen LogP contribution is 2.23. The Morgan fingerprint density at radius 2 is 1.82 bits per heavy atom. The molecule has 0 unspecified atom stereocenters. The van der Waals surface area contributed by atoms with Gasteiger partial charge in [0.15, 0.2) is 0 Å². The summed E-state index contributed by atoms with van der Waals surface area (Å²) < 4.78 is 0. The fraction of sp³-hybridized carbons (Fsp3) is 0.0435. The van der Waals surface area contributed by atoms with Crippen LogP contribution >= 0.6 is 11.3 Å². The molecule has 140 valence electrons. The van der Waals surface area contributed by atoms with E-state index in [2.05, 4.69) is 11.9 Å². The molecule has 2 aromatic carbocycles. The van der Waals surface area contributed by atoms with E-state index in [0.29, 0.717) is 4.88 Å². The van der Waals surface area contributed by atoms with E-state index in [1.54, 1.807) is 30.3 Å². The summed E-state index contributed by atoms with van der Waals surface area (Å²) in [4.78, 5) is 24.5. The Kier molecular flexibility index (Phi) is 5.87. The van der Waals surface area contributed by atoms with E-state index < -0.39 is 5.97 Å². The number of amides is 1. The zero-order valence-corrected chi connectivity index (χ0v) is 16.1. The van der Waals surface area contributed by atoms with E-state index in [0.717, 1.165) is 21.6 Å². The third-order valence-electron chi connectivity index (χ3n) is 4.31. The molecule has 0 aliphatic carbocycles. The summed E-state index contributed by atoms with van der Waals surface area (Å²) in [6, 6.07) is 16.1. The van der Waals surface area contributed by atoms with Crippen LogP contribution < -0.4 is 15.8 Å². The average Bonchev–Trinajstić information content (AvgIpc) is 3.19. The van der Waals surface area contributed by atoms with Gasteiger partial charge in [-0.25, -0.2) is 4.79 Å². The van der Waals surface area contributed by atoms with E-state index >= 15 is 0 Å². The van der Waals surface area contributed by atoms with Crippen molar-refractivity contribution in [3.63, 3.8) is 0 Å². The highest BCUT2D eigenvalue weighted by Gasteiger charge is 2.15. The number of thiophene rings is 1. The van der Waals surface area contributed by atoms with Gasteiger partial charge in [-0.15, -0.1) is 11.3 Å². The fourth-order valence-electron chi connectivity index (χ4n) is 2.94. The zero-order chi connectivity index (χ0) is 20.1. The minimum absolute atomic E-state index is 0.0541. The van der Waals surface area contributed by atoms with Crippen molar-refractivity contribution in [1.29, 1.82) is 0 Å². The molecule has 1 amide bonds. The van der Waals surface area contributed by atoms with E-state index in [-0.39, 0.29) is 17.2 Å². The van der Waals surface area contributed by atoms with Crippen LogP contribution in [0.5, 0.6) is 0 Å². The summed E-state index contributed by atoms with van der Waals surface area (Å²) >= 11 is 1.30. The lowest BCUT2D eigenvalue weighted by atomic mass is 10.0. The van der Waals surface area contributed by atoms with Crippen molar-refractivity contribution in [3.05, 3.63) is 99.1 Å². The number of anilines is 1. The molecule has 4 nitrogen and oxygen atoms in total. The van der Waals surface area contributed by atoms with Crippen molar-refractivity contribution >= 4 is 40.5 Å². The zero-order valence-electron chi connectivity index (χ0n) is 15.3. The van der Waals surface area contributed by atoms with Crippen LogP contribution in [-0.4, -0.2) is 17.0 Å². The topological polar surface area (TPSA) is 66.4 Å². The van der Waals surface area contributed by atoms with Gasteiger partial charge in [0.2, 0.25) is 0 Å². The van der Waals surface area contributed by atoms with E-state index in [1.165, 1.54) is 17.4 Å². The van der Waals surface area contributed by atoms with Crippen LogP contribution in [0.25, 0.3) is 11.6 Å². The molecule has 5 heteroatoms. The molecule has 0 aliphatic rings. The number of nitrogens with one attached hydrogen (secondary N) is 1. The van der Waals surface area contributed by atoms with Crippen LogP contribution in [0, 0.1) is 0 Å². The lowest BCUT2D eigenvalue weighted by molar-refractivity contribution is 0.0698. The molecule has 2 N–H and O–H groups in total. The molecule has 0 radical (unpaired) electrons. The molecule has 0 aliphatic heterocycles. The first kappa shape index (κ1) is 19.3. The maximum absolute atomic E-state index is 12.6. The second kappa shape index (κ2) is 8.50. The maximum atomic E-state index is 12.6. The minimum Gasteiger partial charge on any atom is -0.478 e. The number of carbonyl (C=O) groups excluding carboxylic acids is 1. The summed E-state index contributed by atoms with van der Waals surface area (Å²) in [6.45, 7) is 5.91. The fourth-order valence-corrected chi connectivity index (χ4v) is 3.74. The Labute approximate surface area is 166 Å². The van der Waals surface area contributed by atoms with Crippen LogP contribution in [0.3, 0.4) is 0 Å². The largest absolute Gasteiger partial charge is 0.478 e. The van der Waals surface area contributed by atoms with Crippen molar-refractivity contribution in [1.82, 2.24) is 0 Å². The van der Waals surface area contributed by atoms with Gasteiger partial charge in [0.05, 0.1) is 16.1 Å². The molecule has 3 aromatic rings. The number of carboxylic acids is 1. The molecule has 3 rings (SSSR count). The Morgan fingerprint density at radius 3 is 2.54 bits per heavy atom. The Bertz CT molecular complexity index is 1170. The third-order valence-corrected chi connectivity index (χ3v) is 5.23. The first-order chi connectivity index (χ1) is 13.5. The smallest absolute Gasteiger partial charge is 0.337 e. The van der Waals surface area contributed by atoms with E-state index in [9.17, 15) is 14.7 Å². The number of carboxylic acid groups (broad SMARTS) is 1. The second-order valence-electron chi connectivity index (χ2n) is 6.00. The summed E-state index contributed by atoms with van der Waals surface area (Å²) in [5.41, 5.74) is 2.16. The first-order valence-electron chi connectivity index (χ1n) is 8.66. The molecule has 0 fully saturated rings. The first-order valence-corrected chi connectivity index (χ1v) is 9.54. The molecule has 1 aromatic heterocycles. The minimum atomic E-state index is -1.09. The average molecular weight is 389 g/mol. The van der Waals surface area contributed by atoms with Crippen molar-refractivity contribution in [2.24, 2.45) is 0 Å². The molecule has 0 atom stereocenters. The van der Waals surface area contributed by atoms with Crippen LogP contribution in [0.15, 0.2) is 72.6 Å². The standard InChI is InChI=1S/C23H19NO3S/c1-3-15-9-5-6-10-18(15)17(4-2)16-13-21(28-14-16)22(25)24-20-12-8-7-11-19(20)23(26)27/h3-14H,2H2,1H3,(H,24,25)(H,26,27)/b15-3-,18-17+. The summed E-state index contributed by atoms with van der Waals surface area (Å²) in [6.07, 6.45) is 3.81. The quantitative estimate of drug-likeness (QED) is 0.696. The van der Waals surface area contributed by atoms with Crippen molar-refractivity contribution < 1.29 is 14.7 Å². The predicted molar refractivity (Wildman–Crippen MR) is 114 cm³/mol. The number of aromatic carboxylic acids is 1. The normalized spacial score (nSPS) is 12.4. The molecule has 1 heterocycles. The lowest BCUT2D eigenvalue weighted by Gasteiger charge is -2.06. The van der Waals surface area contributed by atoms with Gasteiger partial charge in [0.25, 0.3) is 5.91 Å². The molecule has 0 bridgehead atoms. The Morgan fingerprint density at radius 1 is 1.11 bits per heavy atom. The highest BCUT2D eigenvalue weighted by atomic mass is 32.1. The van der Waals surface area contributed by atoms with Gasteiger partial charge in [0, 0.05) is 0 Å². The third kappa shape index (κ3) is 3.94. The number of hydrogen-bond acceptors (Lipinski definition) is 3. The molecular formula is C23H19NO3S. The maximum Gasteiger partial charge on any atom is 0.337 e. The molecule has 0 saturated carbocycles. The number of benzene rings is 2. The van der Waals surface area contributed by atoms with Gasteiger partial charge in [0.1, 0.15) is 0 Å². The van der Waals surface area contributed by atoms with Gasteiger partial charge in [-0.1, -0.05) is 55.1 Å². The molecule has 28 heavy (non-hydrogen) atoms. The van der Waals surface area contributed by atoms with Gasteiger partial charge >= 0.3 is 5.97 Å². The number of rotatable bonds is 5. The van der Waals surface area contributed by atoms with Crippen molar-refractivity contribution in [2.45, 2.75) is 6.92 Å². The summed E-state index contributed by atoms with van der Waals surface area (Å²) in [5, 5.41) is 16.0. The number of para-hydroxylation sites is 1. The lowest BCUT2D eigenvalue weighted by Crippen LogP contribution is -2.25. The molecular weight excluding hydrogens is 370 g/mol. The summed E-state index contributed by atoms with van der Waals surface area (Å²) in [5.74, 6) is -1.43. The van der Waals surface area contributed by atoms with Crippen LogP contribution in [0.4, 0.5) is 5.69 Å². The SMILES string of the molecule is C=C/C(c1csc(C(=O)Nc2ccccc2C(=O)O)c1)=c1/cccc/c1=C/C. The second-order valence-corrected chi connectivity index (χ2v) is 6.91. The monoisotopic (exact) mass is 389 g/mol. The van der Waals surface area contributed by atoms with Crippen LogP contribution in [-0.2, 0) is 0 Å². The van der Waals surface area contributed by atoms with Crippen LogP contribution in [0.1, 0.15) is 32.5 Å². The van der Waals surface area contributed by atoms with Gasteiger partial charge in [-0.05, 0) is 52.1 Å². The van der Waals surface area contributed by atoms with E-state index in [1.807, 2.05) is 42.6 Å². The highest BCUT2D eigenvalue weighted by molar-refractivity contribution is 7.12. The van der Waals surface area contributed by atoms with Gasteiger partial charge < -0.3 is 10.4 Å². The summed E-state index contributed by atoms with van der Waals surface area (Å²) in [7, 11) is 0. The van der Waals surface area contributed by atoms with Gasteiger partial charge in [-0.3, -0.25) is 4.79 Å². The van der Waals surface area contributed by atoms with Crippen molar-refractivity contribution in [3.8, 4) is 0 Å². The number of allylic oxidation sites excluding steroid dienone is 1. The number of hydrogen-bond donors (Lipinski definition) is 2. The molecule has 0 spiro atoms. The van der Waals surface area contributed by atoms with Crippen LogP contribution in [0.2, 0.25) is 0 Å². The predicted octanol–water partition coefficient (Wildman–Crippen LogP) is 3.88. The molecule has 0 saturated heterocycles. The van der Waals surface area contributed by atoms with Gasteiger partial charge in [-0.2, -0.15) is 0 Å². The Hall–Kier alpha value is -3.44. The van der Waals surface area contributed by atoms with E-state index in [4.69, 9.17) is 0 Å².